The molecule has 0 saturated heterocycles. The first-order valence-corrected chi connectivity index (χ1v) is 6.57. The van der Waals surface area contributed by atoms with E-state index in [1.807, 2.05) is 24.3 Å². The average Bonchev–Trinajstić information content (AvgIpc) is 2.90. The van der Waals surface area contributed by atoms with Crippen molar-refractivity contribution in [1.29, 1.82) is 0 Å². The van der Waals surface area contributed by atoms with Crippen LogP contribution in [0.25, 0.3) is 0 Å². The molecule has 1 unspecified atom stereocenters. The number of aromatic nitrogens is 2. The molecular formula is C14H13ClN2O3. The second-order valence-corrected chi connectivity index (χ2v) is 4.98. The monoisotopic (exact) mass is 292 g/mol. The van der Waals surface area contributed by atoms with Gasteiger partial charge in [-0.25, -0.2) is 4.79 Å². The molecule has 2 heterocycles. The Labute approximate surface area is 121 Å². The van der Waals surface area contributed by atoms with Gasteiger partial charge >= 0.3 is 5.97 Å². The first kappa shape index (κ1) is 13.1. The highest BCUT2D eigenvalue weighted by Gasteiger charge is 2.24. The van der Waals surface area contributed by atoms with Crippen molar-refractivity contribution >= 4 is 17.6 Å². The van der Waals surface area contributed by atoms with Crippen LogP contribution in [0, 0.1) is 0 Å². The van der Waals surface area contributed by atoms with Gasteiger partial charge in [0.05, 0.1) is 26.0 Å². The number of ether oxygens (including phenoxy) is 2. The smallest absolute Gasteiger partial charge is 0.358 e. The number of rotatable bonds is 2. The standard InChI is InChI=1S/C14H13ClN2O3/c1-19-14(18)12-6-11-8-20-13(7-17(11)16-12)9-2-4-10(15)5-3-9/h2-6,13H,7-8H2,1H3. The van der Waals surface area contributed by atoms with E-state index in [1.165, 1.54) is 7.11 Å². The van der Waals surface area contributed by atoms with E-state index in [0.717, 1.165) is 11.3 Å². The second kappa shape index (κ2) is 5.26. The molecule has 0 bridgehead atoms. The summed E-state index contributed by atoms with van der Waals surface area (Å²) in [5.74, 6) is -0.435. The maximum Gasteiger partial charge on any atom is 0.358 e. The molecular weight excluding hydrogens is 280 g/mol. The van der Waals surface area contributed by atoms with Crippen molar-refractivity contribution in [3.8, 4) is 0 Å². The maximum absolute atomic E-state index is 11.5. The molecule has 1 aromatic heterocycles. The lowest BCUT2D eigenvalue weighted by Crippen LogP contribution is -2.21. The predicted molar refractivity (Wildman–Crippen MR) is 72.5 cm³/mol. The van der Waals surface area contributed by atoms with Gasteiger partial charge in [-0.05, 0) is 23.8 Å². The Bertz CT molecular complexity index is 636. The van der Waals surface area contributed by atoms with Crippen molar-refractivity contribution in [2.45, 2.75) is 19.3 Å². The number of fused-ring (bicyclic) bond motifs is 1. The Morgan fingerprint density at radius 2 is 2.20 bits per heavy atom. The van der Waals surface area contributed by atoms with Crippen LogP contribution in [0.5, 0.6) is 0 Å². The van der Waals surface area contributed by atoms with Gasteiger partial charge in [0.1, 0.15) is 6.10 Å². The van der Waals surface area contributed by atoms with Gasteiger partial charge in [0, 0.05) is 5.02 Å². The molecule has 0 spiro atoms. The van der Waals surface area contributed by atoms with E-state index in [4.69, 9.17) is 16.3 Å². The molecule has 0 amide bonds. The first-order chi connectivity index (χ1) is 9.67. The third-order valence-corrected chi connectivity index (χ3v) is 3.52. The van der Waals surface area contributed by atoms with Gasteiger partial charge in [-0.2, -0.15) is 5.10 Å². The van der Waals surface area contributed by atoms with Crippen molar-refractivity contribution < 1.29 is 14.3 Å². The van der Waals surface area contributed by atoms with Gasteiger partial charge < -0.3 is 9.47 Å². The number of carbonyl (C=O) groups is 1. The Morgan fingerprint density at radius 3 is 2.90 bits per heavy atom. The van der Waals surface area contributed by atoms with Gasteiger partial charge in [-0.15, -0.1) is 0 Å². The SMILES string of the molecule is COC(=O)c1cc2n(n1)CC(c1ccc(Cl)cc1)OC2. The summed E-state index contributed by atoms with van der Waals surface area (Å²) in [6, 6.07) is 9.23. The fourth-order valence-corrected chi connectivity index (χ4v) is 2.33. The van der Waals surface area contributed by atoms with Gasteiger partial charge in [0.15, 0.2) is 5.69 Å². The molecule has 6 heteroatoms. The van der Waals surface area contributed by atoms with E-state index in [2.05, 4.69) is 9.84 Å². The fraction of sp³-hybridized carbons (Fsp3) is 0.286. The highest BCUT2D eigenvalue weighted by Crippen LogP contribution is 2.27. The predicted octanol–water partition coefficient (Wildman–Crippen LogP) is 2.59. The molecule has 0 saturated carbocycles. The summed E-state index contributed by atoms with van der Waals surface area (Å²) in [6.07, 6.45) is -0.0924. The molecule has 0 radical (unpaired) electrons. The Kier molecular flexibility index (Phi) is 3.46. The number of hydrogen-bond acceptors (Lipinski definition) is 4. The van der Waals surface area contributed by atoms with Gasteiger partial charge in [0.25, 0.3) is 0 Å². The number of esters is 1. The van der Waals surface area contributed by atoms with Crippen molar-refractivity contribution in [2.24, 2.45) is 0 Å². The first-order valence-electron chi connectivity index (χ1n) is 6.19. The van der Waals surface area contributed by atoms with E-state index >= 15 is 0 Å². The van der Waals surface area contributed by atoms with Crippen LogP contribution >= 0.6 is 11.6 Å². The van der Waals surface area contributed by atoms with Crippen LogP contribution in [0.3, 0.4) is 0 Å². The van der Waals surface area contributed by atoms with Crippen molar-refractivity contribution in [3.63, 3.8) is 0 Å². The minimum absolute atomic E-state index is 0.0924. The normalized spacial score (nSPS) is 17.6. The fourth-order valence-electron chi connectivity index (χ4n) is 2.21. The number of benzene rings is 1. The number of hydrogen-bond donors (Lipinski definition) is 0. The largest absolute Gasteiger partial charge is 0.464 e. The van der Waals surface area contributed by atoms with Crippen LogP contribution < -0.4 is 0 Å². The Morgan fingerprint density at radius 1 is 1.45 bits per heavy atom. The summed E-state index contributed by atoms with van der Waals surface area (Å²) in [5, 5.41) is 4.94. The van der Waals surface area contributed by atoms with E-state index < -0.39 is 5.97 Å². The molecule has 0 N–H and O–H groups in total. The zero-order valence-corrected chi connectivity index (χ0v) is 11.6. The van der Waals surface area contributed by atoms with Gasteiger partial charge in [-0.1, -0.05) is 23.7 Å². The second-order valence-electron chi connectivity index (χ2n) is 4.55. The third kappa shape index (κ3) is 2.42. The summed E-state index contributed by atoms with van der Waals surface area (Å²) in [4.78, 5) is 11.5. The molecule has 1 aliphatic rings. The molecule has 20 heavy (non-hydrogen) atoms. The van der Waals surface area contributed by atoms with Crippen LogP contribution in [-0.4, -0.2) is 22.9 Å². The molecule has 1 atom stereocenters. The van der Waals surface area contributed by atoms with Crippen LogP contribution in [-0.2, 0) is 22.6 Å². The molecule has 2 aromatic rings. The highest BCUT2D eigenvalue weighted by atomic mass is 35.5. The van der Waals surface area contributed by atoms with E-state index in [0.29, 0.717) is 23.9 Å². The van der Waals surface area contributed by atoms with Gasteiger partial charge in [-0.3, -0.25) is 4.68 Å². The molecule has 104 valence electrons. The number of halogens is 1. The van der Waals surface area contributed by atoms with Crippen LogP contribution in [0.1, 0.15) is 27.8 Å². The molecule has 0 aliphatic carbocycles. The van der Waals surface area contributed by atoms with Gasteiger partial charge in [0.2, 0.25) is 0 Å². The van der Waals surface area contributed by atoms with E-state index in [1.54, 1.807) is 10.7 Å². The maximum atomic E-state index is 11.5. The summed E-state index contributed by atoms with van der Waals surface area (Å²) < 4.78 is 12.3. The van der Waals surface area contributed by atoms with Crippen molar-refractivity contribution in [3.05, 3.63) is 52.3 Å². The van der Waals surface area contributed by atoms with Crippen LogP contribution in [0.4, 0.5) is 0 Å². The quantitative estimate of drug-likeness (QED) is 0.798. The summed E-state index contributed by atoms with van der Waals surface area (Å²) in [6.45, 7) is 0.977. The van der Waals surface area contributed by atoms with Crippen molar-refractivity contribution in [1.82, 2.24) is 9.78 Å². The molecule has 5 nitrogen and oxygen atoms in total. The zero-order valence-electron chi connectivity index (χ0n) is 10.9. The zero-order chi connectivity index (χ0) is 14.1. The molecule has 1 aromatic carbocycles. The van der Waals surface area contributed by atoms with E-state index in [9.17, 15) is 4.79 Å². The van der Waals surface area contributed by atoms with Crippen LogP contribution in [0.15, 0.2) is 30.3 Å². The molecule has 0 fully saturated rings. The summed E-state index contributed by atoms with van der Waals surface area (Å²) in [7, 11) is 1.34. The number of nitrogens with zero attached hydrogens (tertiary/aromatic N) is 2. The highest BCUT2D eigenvalue weighted by molar-refractivity contribution is 6.30. The minimum Gasteiger partial charge on any atom is -0.464 e. The minimum atomic E-state index is -0.435. The molecule has 1 aliphatic heterocycles. The Balaban J connectivity index is 1.83. The molecule has 3 rings (SSSR count). The summed E-state index contributed by atoms with van der Waals surface area (Å²) >= 11 is 5.88. The lowest BCUT2D eigenvalue weighted by atomic mass is 10.1. The number of carbonyl (C=O) groups excluding carboxylic acids is 1. The van der Waals surface area contributed by atoms with Crippen molar-refractivity contribution in [2.75, 3.05) is 7.11 Å². The lowest BCUT2D eigenvalue weighted by Gasteiger charge is -2.24. The summed E-state index contributed by atoms with van der Waals surface area (Å²) in [5.41, 5.74) is 2.22. The topological polar surface area (TPSA) is 53.4 Å². The lowest BCUT2D eigenvalue weighted by molar-refractivity contribution is -0.00124. The Hall–Kier alpha value is -1.85. The average molecular weight is 293 g/mol. The third-order valence-electron chi connectivity index (χ3n) is 3.27. The number of methoxy groups -OCH3 is 1. The van der Waals surface area contributed by atoms with E-state index in [-0.39, 0.29) is 6.10 Å². The van der Waals surface area contributed by atoms with Crippen LogP contribution in [0.2, 0.25) is 5.02 Å².